The number of hydrogen-bond acceptors (Lipinski definition) is 2. The lowest BCUT2D eigenvalue weighted by molar-refractivity contribution is 0.0600. The van der Waals surface area contributed by atoms with E-state index in [1.165, 1.54) is 24.1 Å². The van der Waals surface area contributed by atoms with Gasteiger partial charge in [-0.15, -0.1) is 12.4 Å². The van der Waals surface area contributed by atoms with E-state index in [0.29, 0.717) is 6.04 Å². The molecule has 0 spiro atoms. The van der Waals surface area contributed by atoms with Crippen molar-refractivity contribution in [2.45, 2.75) is 51.5 Å². The van der Waals surface area contributed by atoms with Crippen LogP contribution in [0.25, 0.3) is 0 Å². The number of anilines is 1. The summed E-state index contributed by atoms with van der Waals surface area (Å²) in [5.74, 6) is 0.234. The Labute approximate surface area is 133 Å². The molecule has 1 aromatic rings. The molecule has 0 bridgehead atoms. The monoisotopic (exact) mass is 308 g/mol. The summed E-state index contributed by atoms with van der Waals surface area (Å²) in [7, 11) is 0. The quantitative estimate of drug-likeness (QED) is 0.919. The first-order valence-corrected chi connectivity index (χ1v) is 7.97. The van der Waals surface area contributed by atoms with E-state index in [4.69, 9.17) is 0 Å². The number of hydrogen-bond donors (Lipinski definition) is 1. The number of piperidine rings is 1. The highest BCUT2D eigenvalue weighted by molar-refractivity contribution is 5.95. The van der Waals surface area contributed by atoms with Gasteiger partial charge in [0.1, 0.15) is 0 Å². The molecule has 1 atom stereocenters. The van der Waals surface area contributed by atoms with Gasteiger partial charge >= 0.3 is 0 Å². The molecule has 0 aliphatic carbocycles. The molecule has 4 heteroatoms. The van der Waals surface area contributed by atoms with E-state index < -0.39 is 0 Å². The molecule has 0 radical (unpaired) electrons. The Hall–Kier alpha value is -1.22. The van der Waals surface area contributed by atoms with Crippen molar-refractivity contribution < 1.29 is 4.79 Å². The topological polar surface area (TPSA) is 32.3 Å². The average molecular weight is 309 g/mol. The van der Waals surface area contributed by atoms with E-state index >= 15 is 0 Å². The third-order valence-corrected chi connectivity index (χ3v) is 4.57. The average Bonchev–Trinajstić information content (AvgIpc) is 2.95. The summed E-state index contributed by atoms with van der Waals surface area (Å²) in [4.78, 5) is 14.9. The number of fused-ring (bicyclic) bond motifs is 1. The van der Waals surface area contributed by atoms with Crippen molar-refractivity contribution in [2.24, 2.45) is 0 Å². The zero-order chi connectivity index (χ0) is 13.9. The van der Waals surface area contributed by atoms with Gasteiger partial charge in [0.05, 0.1) is 0 Å². The normalized spacial score (nSPS) is 20.4. The molecule has 2 aliphatic rings. The van der Waals surface area contributed by atoms with Crippen LogP contribution in [0.5, 0.6) is 0 Å². The van der Waals surface area contributed by atoms with Crippen LogP contribution in [0.4, 0.5) is 5.69 Å². The van der Waals surface area contributed by atoms with Gasteiger partial charge in [-0.1, -0.05) is 13.3 Å². The highest BCUT2D eigenvalue weighted by atomic mass is 35.5. The maximum Gasteiger partial charge on any atom is 0.254 e. The summed E-state index contributed by atoms with van der Waals surface area (Å²) in [6, 6.07) is 6.59. The molecule has 21 heavy (non-hydrogen) atoms. The molecule has 1 unspecified atom stereocenters. The van der Waals surface area contributed by atoms with Gasteiger partial charge in [0.2, 0.25) is 0 Å². The van der Waals surface area contributed by atoms with Gasteiger partial charge in [-0.2, -0.15) is 0 Å². The SMILES string of the molecule is CCCC1CCCCN1C(=O)c1ccc2c(c1)CCN2.Cl. The van der Waals surface area contributed by atoms with Gasteiger partial charge in [0, 0.05) is 30.4 Å². The number of carbonyl (C=O) groups is 1. The molecule has 0 saturated carbocycles. The molecule has 3 rings (SSSR count). The standard InChI is InChI=1S/C17H24N2O.ClH/c1-2-5-15-6-3-4-11-19(15)17(20)14-7-8-16-13(12-14)9-10-18-16;/h7-8,12,15,18H,2-6,9-11H2,1H3;1H. The molecule has 1 aromatic carbocycles. The summed E-state index contributed by atoms with van der Waals surface area (Å²) in [6.45, 7) is 4.13. The molecule has 1 fully saturated rings. The maximum atomic E-state index is 12.8. The number of benzene rings is 1. The van der Waals surface area contributed by atoms with Crippen LogP contribution in [0.15, 0.2) is 18.2 Å². The fraction of sp³-hybridized carbons (Fsp3) is 0.588. The highest BCUT2D eigenvalue weighted by Crippen LogP contribution is 2.26. The van der Waals surface area contributed by atoms with Crippen LogP contribution in [-0.4, -0.2) is 29.9 Å². The van der Waals surface area contributed by atoms with Gasteiger partial charge in [-0.25, -0.2) is 0 Å². The van der Waals surface area contributed by atoms with Crippen LogP contribution in [-0.2, 0) is 6.42 Å². The first-order valence-electron chi connectivity index (χ1n) is 7.97. The Balaban J connectivity index is 0.00000161. The van der Waals surface area contributed by atoms with Crippen LogP contribution >= 0.6 is 12.4 Å². The van der Waals surface area contributed by atoms with E-state index in [-0.39, 0.29) is 18.3 Å². The number of likely N-dealkylation sites (tertiary alicyclic amines) is 1. The second-order valence-corrected chi connectivity index (χ2v) is 5.99. The fourth-order valence-electron chi connectivity index (χ4n) is 3.50. The first-order chi connectivity index (χ1) is 9.79. The Morgan fingerprint density at radius 2 is 2.24 bits per heavy atom. The molecule has 116 valence electrons. The molecule has 1 N–H and O–H groups in total. The van der Waals surface area contributed by atoms with Crippen LogP contribution < -0.4 is 5.32 Å². The molecule has 2 aliphatic heterocycles. The minimum Gasteiger partial charge on any atom is -0.384 e. The summed E-state index contributed by atoms with van der Waals surface area (Å²) in [6.07, 6.45) is 6.92. The number of halogens is 1. The number of nitrogens with one attached hydrogen (secondary N) is 1. The van der Waals surface area contributed by atoms with Gasteiger partial charge in [0.25, 0.3) is 5.91 Å². The number of amides is 1. The Kier molecular flexibility index (Phi) is 5.51. The van der Waals surface area contributed by atoms with Crippen LogP contribution in [0.1, 0.15) is 54.9 Å². The zero-order valence-electron chi connectivity index (χ0n) is 12.7. The van der Waals surface area contributed by atoms with Gasteiger partial charge in [-0.05, 0) is 55.9 Å². The van der Waals surface area contributed by atoms with Gasteiger partial charge < -0.3 is 10.2 Å². The van der Waals surface area contributed by atoms with Crippen molar-refractivity contribution in [1.82, 2.24) is 4.90 Å². The second kappa shape index (κ2) is 7.17. The van der Waals surface area contributed by atoms with Crippen molar-refractivity contribution >= 4 is 24.0 Å². The van der Waals surface area contributed by atoms with Gasteiger partial charge in [0.15, 0.2) is 0 Å². The van der Waals surface area contributed by atoms with E-state index in [9.17, 15) is 4.79 Å². The van der Waals surface area contributed by atoms with Crippen LogP contribution in [0.2, 0.25) is 0 Å². The van der Waals surface area contributed by atoms with Crippen molar-refractivity contribution in [3.63, 3.8) is 0 Å². The lowest BCUT2D eigenvalue weighted by atomic mass is 9.97. The van der Waals surface area contributed by atoms with Crippen molar-refractivity contribution in [3.05, 3.63) is 29.3 Å². The predicted molar refractivity (Wildman–Crippen MR) is 89.5 cm³/mol. The second-order valence-electron chi connectivity index (χ2n) is 5.99. The Morgan fingerprint density at radius 1 is 1.38 bits per heavy atom. The molecular weight excluding hydrogens is 284 g/mol. The molecule has 3 nitrogen and oxygen atoms in total. The first kappa shape index (κ1) is 16.2. The Morgan fingerprint density at radius 3 is 3.05 bits per heavy atom. The Bertz CT molecular complexity index is 502. The number of rotatable bonds is 3. The van der Waals surface area contributed by atoms with E-state index in [1.54, 1.807) is 0 Å². The summed E-state index contributed by atoms with van der Waals surface area (Å²) < 4.78 is 0. The van der Waals surface area contributed by atoms with Crippen LogP contribution in [0, 0.1) is 0 Å². The smallest absolute Gasteiger partial charge is 0.254 e. The maximum absolute atomic E-state index is 12.8. The highest BCUT2D eigenvalue weighted by Gasteiger charge is 2.27. The van der Waals surface area contributed by atoms with Gasteiger partial charge in [-0.3, -0.25) is 4.79 Å². The molecule has 0 aromatic heterocycles. The van der Waals surface area contributed by atoms with Crippen molar-refractivity contribution in [2.75, 3.05) is 18.4 Å². The minimum atomic E-state index is 0. The molecule has 1 amide bonds. The van der Waals surface area contributed by atoms with E-state index in [1.807, 2.05) is 6.07 Å². The van der Waals surface area contributed by atoms with Crippen molar-refractivity contribution in [1.29, 1.82) is 0 Å². The molecule has 2 heterocycles. The minimum absolute atomic E-state index is 0. The molecule has 1 saturated heterocycles. The largest absolute Gasteiger partial charge is 0.384 e. The number of nitrogens with zero attached hydrogens (tertiary/aromatic N) is 1. The van der Waals surface area contributed by atoms with Crippen molar-refractivity contribution in [3.8, 4) is 0 Å². The van der Waals surface area contributed by atoms with Crippen LogP contribution in [0.3, 0.4) is 0 Å². The lowest BCUT2D eigenvalue weighted by Crippen LogP contribution is -2.43. The molecular formula is C17H25ClN2O. The van der Waals surface area contributed by atoms with E-state index in [0.717, 1.165) is 44.3 Å². The fourth-order valence-corrected chi connectivity index (χ4v) is 3.50. The third-order valence-electron chi connectivity index (χ3n) is 4.57. The van der Waals surface area contributed by atoms with E-state index in [2.05, 4.69) is 29.3 Å². The number of carbonyl (C=O) groups excluding carboxylic acids is 1. The summed E-state index contributed by atoms with van der Waals surface area (Å²) in [5, 5.41) is 3.35. The summed E-state index contributed by atoms with van der Waals surface area (Å²) >= 11 is 0. The zero-order valence-corrected chi connectivity index (χ0v) is 13.5. The third kappa shape index (κ3) is 3.34. The summed E-state index contributed by atoms with van der Waals surface area (Å²) in [5.41, 5.74) is 3.36. The predicted octanol–water partition coefficient (Wildman–Crippen LogP) is 3.87. The lowest BCUT2D eigenvalue weighted by Gasteiger charge is -2.36.